The van der Waals surface area contributed by atoms with Gasteiger partial charge in [-0.05, 0) is 52.3 Å². The lowest BCUT2D eigenvalue weighted by atomic mass is 9.97. The van der Waals surface area contributed by atoms with E-state index in [2.05, 4.69) is 9.97 Å². The molecule has 2 aliphatic heterocycles. The highest BCUT2D eigenvalue weighted by Crippen LogP contribution is 2.37. The van der Waals surface area contributed by atoms with E-state index in [0.717, 1.165) is 11.8 Å². The number of hydrogen-bond acceptors (Lipinski definition) is 6. The summed E-state index contributed by atoms with van der Waals surface area (Å²) >= 11 is 5.70. The minimum atomic E-state index is -4.74. The molecule has 0 radical (unpaired) electrons. The van der Waals surface area contributed by atoms with Crippen molar-refractivity contribution in [2.45, 2.75) is 77.5 Å². The lowest BCUT2D eigenvalue weighted by Crippen LogP contribution is -2.45. The molecule has 2 aliphatic rings. The zero-order chi connectivity index (χ0) is 30.0. The molecule has 13 heteroatoms. The molecule has 5 heterocycles. The zero-order valence-electron chi connectivity index (χ0n) is 23.2. The second kappa shape index (κ2) is 10.1. The number of aliphatic hydroxyl groups is 1. The van der Waals surface area contributed by atoms with Gasteiger partial charge < -0.3 is 14.9 Å². The van der Waals surface area contributed by atoms with Gasteiger partial charge in [0.1, 0.15) is 17.0 Å². The van der Waals surface area contributed by atoms with Gasteiger partial charge in [0.15, 0.2) is 0 Å². The van der Waals surface area contributed by atoms with E-state index in [9.17, 15) is 27.9 Å². The summed E-state index contributed by atoms with van der Waals surface area (Å²) in [7, 11) is 0. The Kier molecular flexibility index (Phi) is 7.14. The first-order valence-electron chi connectivity index (χ1n) is 13.2. The highest BCUT2D eigenvalue weighted by molar-refractivity contribution is 6.31. The summed E-state index contributed by atoms with van der Waals surface area (Å²) in [5.74, 6) is -0.952. The Hall–Kier alpha value is -3.51. The predicted octanol–water partition coefficient (Wildman–Crippen LogP) is 4.94. The minimum absolute atomic E-state index is 0.00115. The molecule has 0 spiro atoms. The lowest BCUT2D eigenvalue weighted by molar-refractivity contribution is -0.137. The highest BCUT2D eigenvalue weighted by atomic mass is 35.5. The number of aromatic nitrogens is 4. The first-order valence-corrected chi connectivity index (χ1v) is 13.6. The molecule has 0 saturated heterocycles. The monoisotopic (exact) mass is 590 g/mol. The van der Waals surface area contributed by atoms with Crippen molar-refractivity contribution in [3.63, 3.8) is 0 Å². The molecule has 3 aromatic heterocycles. The number of amides is 2. The molecule has 1 unspecified atom stereocenters. The van der Waals surface area contributed by atoms with Crippen LogP contribution in [0.5, 0.6) is 0 Å². The standard InChI is InChI=1S/C28H30ClF3N6O3/c1-14-8-21-18(13-36(14)25(39)22-9-19(28(30,31)32)20(29)11-33-22)24-26(40)37(12-15(2)38(24)35-21)16(3)17-6-7-23(34-10-17)27(4,5)41/h6-7,9-11,14-16,41H,8,12-13H2,1-5H3/t14-,15-,16?/m1/s1. The molecule has 41 heavy (non-hydrogen) atoms. The fraction of sp³-hybridized carbons (Fsp3) is 0.464. The zero-order valence-corrected chi connectivity index (χ0v) is 24.0. The molecule has 3 atom stereocenters. The quantitative estimate of drug-likeness (QED) is 0.462. The average Bonchev–Trinajstić information content (AvgIpc) is 3.27. The van der Waals surface area contributed by atoms with Gasteiger partial charge in [-0.3, -0.25) is 19.3 Å². The molecule has 9 nitrogen and oxygen atoms in total. The van der Waals surface area contributed by atoms with Crippen LogP contribution in [-0.4, -0.2) is 59.1 Å². The maximum absolute atomic E-state index is 13.9. The number of nitrogens with zero attached hydrogens (tertiary/aromatic N) is 6. The summed E-state index contributed by atoms with van der Waals surface area (Å²) in [5, 5.41) is 14.4. The number of fused-ring (bicyclic) bond motifs is 3. The Morgan fingerprint density at radius 1 is 1.15 bits per heavy atom. The first-order chi connectivity index (χ1) is 19.1. The molecule has 218 valence electrons. The van der Waals surface area contributed by atoms with Crippen LogP contribution >= 0.6 is 11.6 Å². The molecule has 0 aromatic carbocycles. The minimum Gasteiger partial charge on any atom is -0.384 e. The Morgan fingerprint density at radius 2 is 1.85 bits per heavy atom. The molecule has 3 aromatic rings. The van der Waals surface area contributed by atoms with E-state index in [-0.39, 0.29) is 36.3 Å². The number of halogens is 4. The van der Waals surface area contributed by atoms with Gasteiger partial charge in [0.2, 0.25) is 0 Å². The third kappa shape index (κ3) is 5.19. The average molecular weight is 591 g/mol. The van der Waals surface area contributed by atoms with Crippen molar-refractivity contribution < 1.29 is 27.9 Å². The number of alkyl halides is 3. The van der Waals surface area contributed by atoms with Crippen molar-refractivity contribution in [1.29, 1.82) is 0 Å². The molecular weight excluding hydrogens is 561 g/mol. The van der Waals surface area contributed by atoms with Crippen LogP contribution < -0.4 is 0 Å². The summed E-state index contributed by atoms with van der Waals surface area (Å²) in [4.78, 5) is 38.7. The highest BCUT2D eigenvalue weighted by Gasteiger charge is 2.41. The molecular formula is C28H30ClF3N6O3. The van der Waals surface area contributed by atoms with Crippen molar-refractivity contribution in [3.05, 3.63) is 75.1 Å². The van der Waals surface area contributed by atoms with Gasteiger partial charge >= 0.3 is 6.18 Å². The van der Waals surface area contributed by atoms with Crippen LogP contribution in [0.15, 0.2) is 30.6 Å². The van der Waals surface area contributed by atoms with Gasteiger partial charge in [0.05, 0.1) is 40.6 Å². The fourth-order valence-electron chi connectivity index (χ4n) is 5.41. The van der Waals surface area contributed by atoms with Crippen molar-refractivity contribution in [3.8, 4) is 0 Å². The van der Waals surface area contributed by atoms with Gasteiger partial charge in [-0.25, -0.2) is 4.98 Å². The number of carbonyl (C=O) groups is 2. The maximum atomic E-state index is 13.9. The molecule has 2 amide bonds. The summed E-state index contributed by atoms with van der Waals surface area (Å²) < 4.78 is 42.0. The van der Waals surface area contributed by atoms with Gasteiger partial charge in [0.25, 0.3) is 11.8 Å². The fourth-order valence-corrected chi connectivity index (χ4v) is 5.62. The smallest absolute Gasteiger partial charge is 0.384 e. The lowest BCUT2D eigenvalue weighted by Gasteiger charge is -2.37. The van der Waals surface area contributed by atoms with E-state index >= 15 is 0 Å². The van der Waals surface area contributed by atoms with E-state index in [4.69, 9.17) is 16.7 Å². The third-order valence-corrected chi connectivity index (χ3v) is 8.09. The topological polar surface area (TPSA) is 104 Å². The SMILES string of the molecule is CC(c1ccc(C(C)(C)O)nc1)N1C[C@@H](C)n2nc3c(c2C1=O)CN(C(=O)c1cc(C(F)(F)F)c(Cl)cn1)[C@H](C)C3. The van der Waals surface area contributed by atoms with Gasteiger partial charge in [-0.15, -0.1) is 0 Å². The van der Waals surface area contributed by atoms with E-state index in [0.29, 0.717) is 41.7 Å². The first kappa shape index (κ1) is 29.0. The van der Waals surface area contributed by atoms with Crippen LogP contribution in [0.2, 0.25) is 5.02 Å². The molecule has 1 N–H and O–H groups in total. The molecule has 5 rings (SSSR count). The summed E-state index contributed by atoms with van der Waals surface area (Å²) in [6, 6.07) is 3.34. The van der Waals surface area contributed by atoms with E-state index in [1.807, 2.05) is 19.9 Å². The summed E-state index contributed by atoms with van der Waals surface area (Å²) in [6.07, 6.45) is -1.94. The van der Waals surface area contributed by atoms with Crippen molar-refractivity contribution >= 4 is 23.4 Å². The Morgan fingerprint density at radius 3 is 2.46 bits per heavy atom. The van der Waals surface area contributed by atoms with E-state index in [1.165, 1.54) is 4.90 Å². The number of hydrogen-bond donors (Lipinski definition) is 1. The van der Waals surface area contributed by atoms with Gasteiger partial charge in [-0.1, -0.05) is 17.7 Å². The molecule has 0 bridgehead atoms. The van der Waals surface area contributed by atoms with Crippen molar-refractivity contribution in [1.82, 2.24) is 29.5 Å². The van der Waals surface area contributed by atoms with Crippen LogP contribution in [0, 0.1) is 0 Å². The second-order valence-electron chi connectivity index (χ2n) is 11.3. The summed E-state index contributed by atoms with van der Waals surface area (Å²) in [6.45, 7) is 9.31. The predicted molar refractivity (Wildman–Crippen MR) is 143 cm³/mol. The summed E-state index contributed by atoms with van der Waals surface area (Å²) in [5.41, 5.74) is 0.304. The number of carbonyl (C=O) groups excluding carboxylic acids is 2. The van der Waals surface area contributed by atoms with Crippen LogP contribution in [-0.2, 0) is 24.7 Å². The normalized spacial score (nSPS) is 20.1. The largest absolute Gasteiger partial charge is 0.417 e. The maximum Gasteiger partial charge on any atom is 0.417 e. The van der Waals surface area contributed by atoms with Crippen molar-refractivity contribution in [2.75, 3.05) is 6.54 Å². The molecule has 0 fully saturated rings. The second-order valence-corrected chi connectivity index (χ2v) is 11.7. The van der Waals surface area contributed by atoms with Gasteiger partial charge in [-0.2, -0.15) is 18.3 Å². The number of pyridine rings is 2. The van der Waals surface area contributed by atoms with E-state index < -0.39 is 28.3 Å². The Bertz CT molecular complexity index is 1520. The Balaban J connectivity index is 1.45. The van der Waals surface area contributed by atoms with Crippen LogP contribution in [0.25, 0.3) is 0 Å². The molecule has 0 saturated carbocycles. The Labute approximate surface area is 239 Å². The van der Waals surface area contributed by atoms with Gasteiger partial charge in [0, 0.05) is 37.0 Å². The molecule has 0 aliphatic carbocycles. The van der Waals surface area contributed by atoms with Crippen molar-refractivity contribution in [2.24, 2.45) is 0 Å². The van der Waals surface area contributed by atoms with Crippen LogP contribution in [0.4, 0.5) is 13.2 Å². The van der Waals surface area contributed by atoms with E-state index in [1.54, 1.807) is 42.6 Å². The van der Waals surface area contributed by atoms with Crippen LogP contribution in [0.3, 0.4) is 0 Å². The number of rotatable bonds is 4. The van der Waals surface area contributed by atoms with Crippen LogP contribution in [0.1, 0.15) is 95.8 Å². The third-order valence-electron chi connectivity index (χ3n) is 7.79.